The highest BCUT2D eigenvalue weighted by Crippen LogP contribution is 2.52. The highest BCUT2D eigenvalue weighted by atomic mass is 14.5. The summed E-state index contributed by atoms with van der Waals surface area (Å²) < 4.78 is 0. The second kappa shape index (κ2) is 1.61. The molecule has 0 aromatic heterocycles. The van der Waals surface area contributed by atoms with Gasteiger partial charge in [-0.15, -0.1) is 0 Å². The van der Waals surface area contributed by atoms with Crippen molar-refractivity contribution in [2.45, 2.75) is 27.2 Å². The van der Waals surface area contributed by atoms with E-state index in [2.05, 4.69) is 32.9 Å². The van der Waals surface area contributed by atoms with E-state index in [4.69, 9.17) is 0 Å². The normalized spacial score (nSPS) is 33.6. The molecule has 0 amide bonds. The Balaban J connectivity index is 2.37. The second-order valence-corrected chi connectivity index (χ2v) is 3.32. The van der Waals surface area contributed by atoms with Gasteiger partial charge in [0.05, 0.1) is 0 Å². The minimum atomic E-state index is 0.631. The third-order valence-corrected chi connectivity index (χ3v) is 2.01. The van der Waals surface area contributed by atoms with Crippen molar-refractivity contribution in [1.29, 1.82) is 0 Å². The molecule has 1 rings (SSSR count). The molecule has 0 saturated heterocycles. The molecule has 0 nitrogen and oxygen atoms in total. The summed E-state index contributed by atoms with van der Waals surface area (Å²) >= 11 is 0. The molecule has 0 heterocycles. The summed E-state index contributed by atoms with van der Waals surface area (Å²) in [6, 6.07) is 0. The molecule has 1 unspecified atom stereocenters. The molecule has 46 valence electrons. The predicted molar refractivity (Wildman–Crippen MR) is 36.7 cm³/mol. The maximum atomic E-state index is 2.32. The fourth-order valence-corrected chi connectivity index (χ4v) is 1.07. The van der Waals surface area contributed by atoms with E-state index < -0.39 is 0 Å². The summed E-state index contributed by atoms with van der Waals surface area (Å²) in [6.45, 7) is 6.73. The van der Waals surface area contributed by atoms with Gasteiger partial charge in [0.15, 0.2) is 0 Å². The number of hydrogen-bond acceptors (Lipinski definition) is 0. The number of rotatable bonds is 1. The zero-order valence-electron chi connectivity index (χ0n) is 5.94. The van der Waals surface area contributed by atoms with Gasteiger partial charge in [-0.2, -0.15) is 0 Å². The Hall–Kier alpha value is -0.260. The molecule has 0 radical (unpaired) electrons. The van der Waals surface area contributed by atoms with Crippen LogP contribution in [0.25, 0.3) is 0 Å². The molecule has 1 fully saturated rings. The van der Waals surface area contributed by atoms with E-state index in [0.717, 1.165) is 5.92 Å². The molecule has 0 spiro atoms. The quantitative estimate of drug-likeness (QED) is 0.455. The Bertz CT molecular complexity index is 109. The molecule has 0 aliphatic heterocycles. The van der Waals surface area contributed by atoms with Gasteiger partial charge in [0.1, 0.15) is 0 Å². The Morgan fingerprint density at radius 2 is 2.00 bits per heavy atom. The first-order chi connectivity index (χ1) is 3.67. The Morgan fingerprint density at radius 1 is 1.50 bits per heavy atom. The molecule has 1 aliphatic carbocycles. The molecular weight excluding hydrogens is 96.1 g/mol. The molecule has 0 heteroatoms. The number of hydrogen-bond donors (Lipinski definition) is 0. The Labute approximate surface area is 51.6 Å². The maximum absolute atomic E-state index is 2.32. The van der Waals surface area contributed by atoms with Crippen molar-refractivity contribution in [3.8, 4) is 0 Å². The lowest BCUT2D eigenvalue weighted by atomic mass is 10.1. The minimum absolute atomic E-state index is 0.631. The first kappa shape index (κ1) is 5.87. The third-order valence-electron chi connectivity index (χ3n) is 2.01. The van der Waals surface area contributed by atoms with E-state index in [1.54, 1.807) is 0 Å². The van der Waals surface area contributed by atoms with Gasteiger partial charge >= 0.3 is 0 Å². The summed E-state index contributed by atoms with van der Waals surface area (Å²) in [5.74, 6) is 0.882. The average molecular weight is 110 g/mol. The number of allylic oxidation sites excluding steroid dienone is 2. The largest absolute Gasteiger partial charge is 0.0914 e. The lowest BCUT2D eigenvalue weighted by Crippen LogP contribution is -1.84. The lowest BCUT2D eigenvalue weighted by Gasteiger charge is -1.93. The second-order valence-electron chi connectivity index (χ2n) is 3.32. The zero-order chi connectivity index (χ0) is 6.20. The summed E-state index contributed by atoms with van der Waals surface area (Å²) in [6.07, 6.45) is 5.84. The summed E-state index contributed by atoms with van der Waals surface area (Å²) in [7, 11) is 0. The first-order valence-electron chi connectivity index (χ1n) is 3.29. The van der Waals surface area contributed by atoms with E-state index >= 15 is 0 Å². The summed E-state index contributed by atoms with van der Waals surface area (Å²) in [5.41, 5.74) is 0.631. The highest BCUT2D eigenvalue weighted by Gasteiger charge is 2.43. The van der Waals surface area contributed by atoms with E-state index in [1.807, 2.05) is 0 Å². The predicted octanol–water partition coefficient (Wildman–Crippen LogP) is 2.61. The molecule has 0 N–H and O–H groups in total. The molecule has 8 heavy (non-hydrogen) atoms. The van der Waals surface area contributed by atoms with Crippen molar-refractivity contribution in [3.63, 3.8) is 0 Å². The van der Waals surface area contributed by atoms with Crippen LogP contribution in [0.2, 0.25) is 0 Å². The van der Waals surface area contributed by atoms with E-state index in [-0.39, 0.29) is 0 Å². The van der Waals surface area contributed by atoms with Crippen LogP contribution in [0.15, 0.2) is 12.2 Å². The van der Waals surface area contributed by atoms with Crippen molar-refractivity contribution in [2.75, 3.05) is 0 Å². The highest BCUT2D eigenvalue weighted by molar-refractivity contribution is 5.06. The fourth-order valence-electron chi connectivity index (χ4n) is 1.07. The van der Waals surface area contributed by atoms with Gasteiger partial charge in [0.2, 0.25) is 0 Å². The Kier molecular flexibility index (Phi) is 1.18. The first-order valence-corrected chi connectivity index (χ1v) is 3.29. The van der Waals surface area contributed by atoms with Crippen LogP contribution in [0.3, 0.4) is 0 Å². The maximum Gasteiger partial charge on any atom is -0.0177 e. The van der Waals surface area contributed by atoms with Crippen LogP contribution in [0.1, 0.15) is 27.2 Å². The van der Waals surface area contributed by atoms with Crippen LogP contribution in [0, 0.1) is 11.3 Å². The smallest absolute Gasteiger partial charge is 0.0177 e. The molecule has 0 aromatic rings. The van der Waals surface area contributed by atoms with Crippen molar-refractivity contribution in [2.24, 2.45) is 11.3 Å². The van der Waals surface area contributed by atoms with Crippen molar-refractivity contribution < 1.29 is 0 Å². The molecular formula is C8H14. The van der Waals surface area contributed by atoms with Crippen LogP contribution in [0.5, 0.6) is 0 Å². The van der Waals surface area contributed by atoms with Crippen molar-refractivity contribution in [3.05, 3.63) is 12.2 Å². The van der Waals surface area contributed by atoms with E-state index in [9.17, 15) is 0 Å². The van der Waals surface area contributed by atoms with Crippen LogP contribution < -0.4 is 0 Å². The molecule has 1 atom stereocenters. The van der Waals surface area contributed by atoms with Crippen LogP contribution in [-0.4, -0.2) is 0 Å². The van der Waals surface area contributed by atoms with E-state index in [1.165, 1.54) is 6.42 Å². The SMILES string of the molecule is CC=CC1CC1(C)C. The van der Waals surface area contributed by atoms with Gasteiger partial charge < -0.3 is 0 Å². The lowest BCUT2D eigenvalue weighted by molar-refractivity contribution is 0.610. The summed E-state index contributed by atoms with van der Waals surface area (Å²) in [5, 5.41) is 0. The van der Waals surface area contributed by atoms with Gasteiger partial charge in [-0.1, -0.05) is 26.0 Å². The topological polar surface area (TPSA) is 0 Å². The van der Waals surface area contributed by atoms with Crippen LogP contribution in [0.4, 0.5) is 0 Å². The fraction of sp³-hybridized carbons (Fsp3) is 0.750. The summed E-state index contributed by atoms with van der Waals surface area (Å²) in [4.78, 5) is 0. The van der Waals surface area contributed by atoms with Gasteiger partial charge in [0.25, 0.3) is 0 Å². The standard InChI is InChI=1S/C8H14/c1-4-5-7-6-8(7,2)3/h4-5,7H,6H2,1-3H3. The molecule has 0 bridgehead atoms. The zero-order valence-corrected chi connectivity index (χ0v) is 5.94. The minimum Gasteiger partial charge on any atom is -0.0914 e. The van der Waals surface area contributed by atoms with Crippen LogP contribution in [-0.2, 0) is 0 Å². The van der Waals surface area contributed by atoms with Gasteiger partial charge in [-0.05, 0) is 24.7 Å². The van der Waals surface area contributed by atoms with Gasteiger partial charge in [-0.3, -0.25) is 0 Å². The van der Waals surface area contributed by atoms with Crippen molar-refractivity contribution >= 4 is 0 Å². The van der Waals surface area contributed by atoms with Crippen LogP contribution >= 0.6 is 0 Å². The Morgan fingerprint density at radius 3 is 2.12 bits per heavy atom. The average Bonchev–Trinajstić information content (AvgIpc) is 2.15. The molecule has 0 aromatic carbocycles. The molecule has 1 saturated carbocycles. The van der Waals surface area contributed by atoms with Crippen molar-refractivity contribution in [1.82, 2.24) is 0 Å². The monoisotopic (exact) mass is 110 g/mol. The third kappa shape index (κ3) is 0.936. The van der Waals surface area contributed by atoms with Gasteiger partial charge in [0, 0.05) is 0 Å². The van der Waals surface area contributed by atoms with Gasteiger partial charge in [-0.25, -0.2) is 0 Å². The molecule has 1 aliphatic rings. The van der Waals surface area contributed by atoms with E-state index in [0.29, 0.717) is 5.41 Å².